The lowest BCUT2D eigenvalue weighted by atomic mass is 9.83. The zero-order valence-corrected chi connectivity index (χ0v) is 17.1. The molecule has 11 heteroatoms. The molecule has 0 radical (unpaired) electrons. The molecule has 4 N–H and O–H groups in total. The second kappa shape index (κ2) is 11.3. The van der Waals surface area contributed by atoms with Gasteiger partial charge in [-0.3, -0.25) is 19.4 Å². The minimum Gasteiger partial charge on any atom is -0.483 e. The van der Waals surface area contributed by atoms with Crippen LogP contribution in [0.5, 0.6) is 0 Å². The maximum absolute atomic E-state index is 13.6. The zero-order valence-electron chi connectivity index (χ0n) is 16.2. The van der Waals surface area contributed by atoms with Crippen LogP contribution >= 0.6 is 11.3 Å². The smallest absolute Gasteiger partial charge is 0.290 e. The summed E-state index contributed by atoms with van der Waals surface area (Å²) < 4.78 is 13.6. The van der Waals surface area contributed by atoms with Crippen molar-refractivity contribution in [3.63, 3.8) is 0 Å². The van der Waals surface area contributed by atoms with Gasteiger partial charge in [0.1, 0.15) is 0 Å². The van der Waals surface area contributed by atoms with Crippen LogP contribution in [0.25, 0.3) is 0 Å². The van der Waals surface area contributed by atoms with Crippen LogP contribution in [-0.4, -0.2) is 50.6 Å². The third kappa shape index (κ3) is 6.56. The molecule has 3 atom stereocenters. The first-order valence-electron chi connectivity index (χ1n) is 9.20. The van der Waals surface area contributed by atoms with Gasteiger partial charge in [-0.2, -0.15) is 0 Å². The van der Waals surface area contributed by atoms with E-state index in [0.717, 1.165) is 16.9 Å². The van der Waals surface area contributed by atoms with Gasteiger partial charge in [-0.1, -0.05) is 0 Å². The lowest BCUT2D eigenvalue weighted by molar-refractivity contribution is -0.127. The molecule has 30 heavy (non-hydrogen) atoms. The molecule has 1 fully saturated rings. The number of aryl methyl sites for hydroxylation is 1. The Morgan fingerprint density at radius 3 is 2.73 bits per heavy atom. The monoisotopic (exact) mass is 438 g/mol. The molecule has 0 aliphatic heterocycles. The highest BCUT2D eigenvalue weighted by Gasteiger charge is 2.34. The van der Waals surface area contributed by atoms with E-state index in [0.29, 0.717) is 19.4 Å². The quantitative estimate of drug-likeness (QED) is 0.515. The summed E-state index contributed by atoms with van der Waals surface area (Å²) in [5.74, 6) is -1.77. The van der Waals surface area contributed by atoms with Gasteiger partial charge in [0.2, 0.25) is 5.91 Å². The summed E-state index contributed by atoms with van der Waals surface area (Å²) in [4.78, 5) is 40.8. The van der Waals surface area contributed by atoms with Gasteiger partial charge in [-0.05, 0) is 32.3 Å². The Balaban J connectivity index is 0.00000101. The van der Waals surface area contributed by atoms with E-state index in [4.69, 9.17) is 9.90 Å². The van der Waals surface area contributed by atoms with Crippen LogP contribution in [0.3, 0.4) is 0 Å². The number of rotatable bonds is 5. The fraction of sp³-hybridized carbons (Fsp3) is 0.421. The minimum absolute atomic E-state index is 0.115. The number of aliphatic hydroxyl groups excluding tert-OH is 1. The highest BCUT2D eigenvalue weighted by atomic mass is 32.1. The van der Waals surface area contributed by atoms with Crippen LogP contribution < -0.4 is 10.6 Å². The van der Waals surface area contributed by atoms with Crippen LogP contribution in [0.15, 0.2) is 23.8 Å². The molecule has 1 saturated carbocycles. The predicted octanol–water partition coefficient (Wildman–Crippen LogP) is 1.26. The minimum atomic E-state index is -0.870. The molecule has 162 valence electrons. The van der Waals surface area contributed by atoms with Crippen molar-refractivity contribution in [1.82, 2.24) is 20.6 Å². The number of carbonyl (C=O) groups excluding carboxylic acids is 2. The Hall–Kier alpha value is -2.92. The van der Waals surface area contributed by atoms with Crippen molar-refractivity contribution in [3.8, 4) is 0 Å². The maximum atomic E-state index is 13.6. The summed E-state index contributed by atoms with van der Waals surface area (Å²) in [5, 5.41) is 25.5. The van der Waals surface area contributed by atoms with Crippen molar-refractivity contribution in [2.45, 2.75) is 44.9 Å². The molecular formula is C19H23FN4O5S. The Labute approximate surface area is 176 Å². The lowest BCUT2D eigenvalue weighted by Gasteiger charge is -2.33. The molecule has 0 unspecified atom stereocenters. The lowest BCUT2D eigenvalue weighted by Crippen LogP contribution is -2.49. The summed E-state index contributed by atoms with van der Waals surface area (Å²) in [7, 11) is 0. The van der Waals surface area contributed by atoms with E-state index in [1.54, 1.807) is 0 Å². The number of hydrogen-bond donors (Lipinski definition) is 4. The summed E-state index contributed by atoms with van der Waals surface area (Å²) in [6, 6.07) is 0.770. The van der Waals surface area contributed by atoms with Crippen molar-refractivity contribution in [1.29, 1.82) is 0 Å². The predicted molar refractivity (Wildman–Crippen MR) is 106 cm³/mol. The highest BCUT2D eigenvalue weighted by molar-refractivity contribution is 7.09. The molecule has 3 rings (SSSR count). The maximum Gasteiger partial charge on any atom is 0.290 e. The number of hydrogen-bond acceptors (Lipinski definition) is 7. The summed E-state index contributed by atoms with van der Waals surface area (Å²) in [5.41, 5.74) is 0.697. The molecule has 2 aromatic heterocycles. The Kier molecular flexibility index (Phi) is 8.81. The average Bonchev–Trinajstić information content (AvgIpc) is 3.13. The van der Waals surface area contributed by atoms with Gasteiger partial charge < -0.3 is 20.8 Å². The SMILES string of the molecule is Cc1nc(CNC(=O)[C@H]2CC[C@@H](NC(=O)c3ccncc3F)[C@H](O)C2)cs1.O=CO. The normalized spacial score (nSPS) is 20.4. The van der Waals surface area contributed by atoms with Gasteiger partial charge in [-0.15, -0.1) is 11.3 Å². The highest BCUT2D eigenvalue weighted by Crippen LogP contribution is 2.25. The summed E-state index contributed by atoms with van der Waals surface area (Å²) in [6.07, 6.45) is 2.64. The van der Waals surface area contributed by atoms with E-state index in [2.05, 4.69) is 20.6 Å². The molecular weight excluding hydrogens is 415 g/mol. The second-order valence-corrected chi connectivity index (χ2v) is 7.76. The molecule has 0 bridgehead atoms. The van der Waals surface area contributed by atoms with Crippen molar-refractivity contribution in [3.05, 3.63) is 45.9 Å². The number of aliphatic hydroxyl groups is 1. The first kappa shape index (κ1) is 23.4. The van der Waals surface area contributed by atoms with Crippen molar-refractivity contribution in [2.75, 3.05) is 0 Å². The summed E-state index contributed by atoms with van der Waals surface area (Å²) in [6.45, 7) is 2.01. The Morgan fingerprint density at radius 2 is 2.13 bits per heavy atom. The molecule has 1 aliphatic rings. The van der Waals surface area contributed by atoms with Gasteiger partial charge >= 0.3 is 0 Å². The molecule has 2 amide bonds. The van der Waals surface area contributed by atoms with Gasteiger partial charge in [0, 0.05) is 17.5 Å². The van der Waals surface area contributed by atoms with Gasteiger partial charge in [0.25, 0.3) is 12.4 Å². The van der Waals surface area contributed by atoms with Crippen LogP contribution in [0.4, 0.5) is 4.39 Å². The number of halogens is 1. The fourth-order valence-corrected chi connectivity index (χ4v) is 3.78. The zero-order chi connectivity index (χ0) is 22.1. The van der Waals surface area contributed by atoms with Crippen LogP contribution in [0.1, 0.15) is 40.3 Å². The fourth-order valence-electron chi connectivity index (χ4n) is 3.17. The number of thiazole rings is 1. The number of nitrogens with zero attached hydrogens (tertiary/aromatic N) is 2. The molecule has 9 nitrogen and oxygen atoms in total. The molecule has 0 aromatic carbocycles. The largest absolute Gasteiger partial charge is 0.483 e. The topological polar surface area (TPSA) is 142 Å². The van der Waals surface area contributed by atoms with E-state index in [9.17, 15) is 19.1 Å². The number of carbonyl (C=O) groups is 3. The van der Waals surface area contributed by atoms with Crippen LogP contribution in [0, 0.1) is 18.7 Å². The average molecular weight is 438 g/mol. The number of nitrogens with one attached hydrogen (secondary N) is 2. The van der Waals surface area contributed by atoms with Crippen molar-refractivity contribution < 1.29 is 29.0 Å². The van der Waals surface area contributed by atoms with Crippen LogP contribution in [-0.2, 0) is 16.1 Å². The number of aromatic nitrogens is 2. The van der Waals surface area contributed by atoms with Crippen molar-refractivity contribution >= 4 is 29.6 Å². The molecule has 2 aromatic rings. The third-order valence-corrected chi connectivity index (χ3v) is 5.45. The van der Waals surface area contributed by atoms with E-state index < -0.39 is 23.9 Å². The first-order valence-corrected chi connectivity index (χ1v) is 10.1. The second-order valence-electron chi connectivity index (χ2n) is 6.69. The Morgan fingerprint density at radius 1 is 1.40 bits per heavy atom. The molecule has 0 spiro atoms. The molecule has 1 aliphatic carbocycles. The number of carboxylic acid groups (broad SMARTS) is 1. The van der Waals surface area contributed by atoms with E-state index in [1.165, 1.54) is 23.6 Å². The first-order chi connectivity index (χ1) is 14.3. The van der Waals surface area contributed by atoms with E-state index in [-0.39, 0.29) is 30.3 Å². The molecule has 0 saturated heterocycles. The Bertz CT molecular complexity index is 878. The van der Waals surface area contributed by atoms with Crippen molar-refractivity contribution in [2.24, 2.45) is 5.92 Å². The van der Waals surface area contributed by atoms with Gasteiger partial charge in [0.05, 0.1) is 41.2 Å². The van der Waals surface area contributed by atoms with Crippen LogP contribution in [0.2, 0.25) is 0 Å². The standard InChI is InChI=1S/C18H21FN4O3S.CH2O2/c1-10-22-12(9-27-10)7-21-17(25)11-2-3-15(16(24)6-11)23-18(26)13-4-5-20-8-14(13)19;2-1-3/h4-5,8-9,11,15-16,24H,2-3,6-7H2,1H3,(H,21,25)(H,23,26);1H,(H,2,3)/t11-,15+,16+;/m0./s1. The van der Waals surface area contributed by atoms with Gasteiger partial charge in [-0.25, -0.2) is 9.37 Å². The van der Waals surface area contributed by atoms with Gasteiger partial charge in [0.15, 0.2) is 5.82 Å². The number of amides is 2. The third-order valence-electron chi connectivity index (χ3n) is 4.63. The van der Waals surface area contributed by atoms with E-state index in [1.807, 2.05) is 12.3 Å². The summed E-state index contributed by atoms with van der Waals surface area (Å²) >= 11 is 1.52. The van der Waals surface area contributed by atoms with E-state index >= 15 is 0 Å². The molecule has 2 heterocycles. The number of pyridine rings is 1.